The number of carbonyl (C=O) groups is 1. The van der Waals surface area contributed by atoms with E-state index in [2.05, 4.69) is 32.7 Å². The summed E-state index contributed by atoms with van der Waals surface area (Å²) >= 11 is 1.38. The molecule has 1 amide bonds. The number of thiophene rings is 1. The van der Waals surface area contributed by atoms with Crippen LogP contribution >= 0.6 is 11.3 Å². The van der Waals surface area contributed by atoms with Crippen molar-refractivity contribution in [3.8, 4) is 11.5 Å². The Labute approximate surface area is 206 Å². The summed E-state index contributed by atoms with van der Waals surface area (Å²) in [5, 5.41) is 7.32. The first-order valence-corrected chi connectivity index (χ1v) is 12.3. The fourth-order valence-electron chi connectivity index (χ4n) is 4.57. The summed E-state index contributed by atoms with van der Waals surface area (Å²) < 4.78 is 16.8. The van der Waals surface area contributed by atoms with Crippen molar-refractivity contribution in [3.05, 3.63) is 75.9 Å². The normalized spacial score (nSPS) is 16.2. The van der Waals surface area contributed by atoms with Gasteiger partial charge in [-0.1, -0.05) is 30.3 Å². The molecule has 2 aromatic carbocycles. The number of amides is 1. The number of hydrogen-bond acceptors (Lipinski definition) is 8. The molecule has 0 bridgehead atoms. The quantitative estimate of drug-likeness (QED) is 0.416. The van der Waals surface area contributed by atoms with Gasteiger partial charge in [-0.2, -0.15) is 0 Å². The van der Waals surface area contributed by atoms with Gasteiger partial charge in [-0.15, -0.1) is 11.3 Å². The van der Waals surface area contributed by atoms with E-state index in [0.29, 0.717) is 30.4 Å². The predicted molar refractivity (Wildman–Crippen MR) is 133 cm³/mol. The summed E-state index contributed by atoms with van der Waals surface area (Å²) in [6.45, 7) is 3.82. The Kier molecular flexibility index (Phi) is 5.71. The molecule has 0 unspecified atom stereocenters. The Morgan fingerprint density at radius 1 is 1.14 bits per heavy atom. The van der Waals surface area contributed by atoms with Gasteiger partial charge >= 0.3 is 0 Å². The minimum atomic E-state index is -0.141. The standard InChI is InChI=1S/C26H24N4O4S/c1-15-22-24(27-11-16-6-7-19-20(10-16)34-14-33-19)29-13-30-26(22)35-23(15)25(31)28-12-21-18-5-3-2-4-17(18)8-9-32-21/h2-7,10,13,21H,8-9,11-12,14H2,1H3,(H,28,31)(H,27,29,30)/t21-/m0/s1. The highest BCUT2D eigenvalue weighted by atomic mass is 32.1. The van der Waals surface area contributed by atoms with E-state index in [-0.39, 0.29) is 18.8 Å². The molecule has 2 N–H and O–H groups in total. The molecule has 0 spiro atoms. The lowest BCUT2D eigenvalue weighted by atomic mass is 9.97. The molecule has 8 nitrogen and oxygen atoms in total. The zero-order valence-corrected chi connectivity index (χ0v) is 20.0. The molecular formula is C26H24N4O4S. The van der Waals surface area contributed by atoms with Crippen molar-refractivity contribution in [1.82, 2.24) is 15.3 Å². The SMILES string of the molecule is Cc1c(C(=O)NC[C@@H]2OCCc3ccccc32)sc2ncnc(NCc3ccc4c(c3)OCO4)c12. The lowest BCUT2D eigenvalue weighted by Crippen LogP contribution is -2.31. The topological polar surface area (TPSA) is 94.6 Å². The summed E-state index contributed by atoms with van der Waals surface area (Å²) in [5.74, 6) is 2.07. The molecule has 2 aromatic heterocycles. The number of fused-ring (bicyclic) bond motifs is 3. The van der Waals surface area contributed by atoms with Gasteiger partial charge in [0.15, 0.2) is 11.5 Å². The van der Waals surface area contributed by atoms with Gasteiger partial charge in [0, 0.05) is 13.1 Å². The molecular weight excluding hydrogens is 464 g/mol. The van der Waals surface area contributed by atoms with Crippen molar-refractivity contribution < 1.29 is 19.0 Å². The average molecular weight is 489 g/mol. The van der Waals surface area contributed by atoms with Gasteiger partial charge in [0.2, 0.25) is 6.79 Å². The highest BCUT2D eigenvalue weighted by Crippen LogP contribution is 2.35. The highest BCUT2D eigenvalue weighted by Gasteiger charge is 2.24. The van der Waals surface area contributed by atoms with Crippen LogP contribution in [0.5, 0.6) is 11.5 Å². The third-order valence-corrected chi connectivity index (χ3v) is 7.57. The maximum absolute atomic E-state index is 13.1. The zero-order valence-electron chi connectivity index (χ0n) is 19.2. The van der Waals surface area contributed by atoms with E-state index in [1.54, 1.807) is 0 Å². The molecule has 0 saturated carbocycles. The fourth-order valence-corrected chi connectivity index (χ4v) is 5.64. The first-order chi connectivity index (χ1) is 17.2. The van der Waals surface area contributed by atoms with Crippen LogP contribution in [0.4, 0.5) is 5.82 Å². The molecule has 4 heterocycles. The number of nitrogens with zero attached hydrogens (tertiary/aromatic N) is 2. The van der Waals surface area contributed by atoms with Crippen molar-refractivity contribution in [1.29, 1.82) is 0 Å². The number of ether oxygens (including phenoxy) is 3. The number of benzene rings is 2. The van der Waals surface area contributed by atoms with Gasteiger partial charge in [0.1, 0.15) is 23.1 Å². The third kappa shape index (κ3) is 4.17. The van der Waals surface area contributed by atoms with Gasteiger partial charge in [-0.05, 0) is 47.7 Å². The Balaban J connectivity index is 1.18. The van der Waals surface area contributed by atoms with Crippen LogP contribution in [0.1, 0.15) is 38.0 Å². The van der Waals surface area contributed by atoms with Crippen LogP contribution in [-0.2, 0) is 17.7 Å². The molecule has 0 fully saturated rings. The molecule has 1 atom stereocenters. The van der Waals surface area contributed by atoms with E-state index in [4.69, 9.17) is 14.2 Å². The van der Waals surface area contributed by atoms with E-state index in [1.165, 1.54) is 23.2 Å². The minimum Gasteiger partial charge on any atom is -0.454 e. The molecule has 6 rings (SSSR count). The van der Waals surface area contributed by atoms with E-state index >= 15 is 0 Å². The Morgan fingerprint density at radius 3 is 2.97 bits per heavy atom. The smallest absolute Gasteiger partial charge is 0.261 e. The second-order valence-electron chi connectivity index (χ2n) is 8.52. The summed E-state index contributed by atoms with van der Waals surface area (Å²) in [5.41, 5.74) is 4.33. The van der Waals surface area contributed by atoms with Crippen LogP contribution in [0, 0.1) is 6.92 Å². The predicted octanol–water partition coefficient (Wildman–Crippen LogP) is 4.38. The minimum absolute atomic E-state index is 0.126. The Hall–Kier alpha value is -3.69. The molecule has 2 aliphatic rings. The van der Waals surface area contributed by atoms with Crippen LogP contribution in [-0.4, -0.2) is 35.8 Å². The average Bonchev–Trinajstić information content (AvgIpc) is 3.50. The number of aromatic nitrogens is 2. The van der Waals surface area contributed by atoms with Crippen LogP contribution in [0.2, 0.25) is 0 Å². The van der Waals surface area contributed by atoms with Crippen LogP contribution in [0.25, 0.3) is 10.2 Å². The van der Waals surface area contributed by atoms with Gasteiger partial charge in [-0.3, -0.25) is 4.79 Å². The Bertz CT molecular complexity index is 1420. The van der Waals surface area contributed by atoms with Crippen LogP contribution in [0.15, 0.2) is 48.8 Å². The fraction of sp³-hybridized carbons (Fsp3) is 0.269. The number of carbonyl (C=O) groups excluding carboxylic acids is 1. The van der Waals surface area contributed by atoms with E-state index in [1.807, 2.05) is 37.3 Å². The van der Waals surface area contributed by atoms with Crippen molar-refractivity contribution in [2.24, 2.45) is 0 Å². The van der Waals surface area contributed by atoms with Gasteiger partial charge in [-0.25, -0.2) is 9.97 Å². The van der Waals surface area contributed by atoms with E-state index < -0.39 is 0 Å². The highest BCUT2D eigenvalue weighted by molar-refractivity contribution is 7.20. The number of nitrogens with one attached hydrogen (secondary N) is 2. The molecule has 35 heavy (non-hydrogen) atoms. The van der Waals surface area contributed by atoms with E-state index in [9.17, 15) is 4.79 Å². The van der Waals surface area contributed by atoms with Crippen molar-refractivity contribution in [2.75, 3.05) is 25.3 Å². The molecule has 178 valence electrons. The van der Waals surface area contributed by atoms with Crippen molar-refractivity contribution in [3.63, 3.8) is 0 Å². The number of rotatable bonds is 6. The molecule has 0 aliphatic carbocycles. The lowest BCUT2D eigenvalue weighted by molar-refractivity contribution is 0.0412. The van der Waals surface area contributed by atoms with Crippen molar-refractivity contribution >= 4 is 33.3 Å². The first kappa shape index (κ1) is 21.8. The third-order valence-electron chi connectivity index (χ3n) is 6.37. The maximum atomic E-state index is 13.1. The van der Waals surface area contributed by atoms with Crippen LogP contribution in [0.3, 0.4) is 0 Å². The molecule has 0 radical (unpaired) electrons. The van der Waals surface area contributed by atoms with Gasteiger partial charge in [0.25, 0.3) is 5.91 Å². The first-order valence-electron chi connectivity index (χ1n) is 11.5. The van der Waals surface area contributed by atoms with Crippen molar-refractivity contribution in [2.45, 2.75) is 26.0 Å². The second kappa shape index (κ2) is 9.16. The van der Waals surface area contributed by atoms with Gasteiger partial charge < -0.3 is 24.8 Å². The largest absolute Gasteiger partial charge is 0.454 e. The van der Waals surface area contributed by atoms with Gasteiger partial charge in [0.05, 0.1) is 16.9 Å². The maximum Gasteiger partial charge on any atom is 0.261 e. The molecule has 9 heteroatoms. The number of hydrogen-bond donors (Lipinski definition) is 2. The monoisotopic (exact) mass is 488 g/mol. The zero-order chi connectivity index (χ0) is 23.8. The second-order valence-corrected chi connectivity index (χ2v) is 9.52. The van der Waals surface area contributed by atoms with Crippen LogP contribution < -0.4 is 20.1 Å². The number of aryl methyl sites for hydroxylation is 1. The summed E-state index contributed by atoms with van der Waals surface area (Å²) in [7, 11) is 0. The van der Waals surface area contributed by atoms with E-state index in [0.717, 1.165) is 44.8 Å². The summed E-state index contributed by atoms with van der Waals surface area (Å²) in [6.07, 6.45) is 2.28. The molecule has 4 aromatic rings. The number of anilines is 1. The molecule has 2 aliphatic heterocycles. The lowest BCUT2D eigenvalue weighted by Gasteiger charge is -2.26. The summed E-state index contributed by atoms with van der Waals surface area (Å²) in [6, 6.07) is 14.1. The Morgan fingerprint density at radius 2 is 2.03 bits per heavy atom. The summed E-state index contributed by atoms with van der Waals surface area (Å²) in [4.78, 5) is 23.4. The molecule has 0 saturated heterocycles.